The zero-order chi connectivity index (χ0) is 18.6. The maximum Gasteiger partial charge on any atom is 0.236 e. The van der Waals surface area contributed by atoms with Gasteiger partial charge in [0.05, 0.1) is 16.8 Å². The Labute approximate surface area is 164 Å². The van der Waals surface area contributed by atoms with Gasteiger partial charge in [-0.25, -0.2) is 4.98 Å². The van der Waals surface area contributed by atoms with Crippen molar-refractivity contribution in [1.82, 2.24) is 19.7 Å². The van der Waals surface area contributed by atoms with Crippen LogP contribution in [0.25, 0.3) is 21.6 Å². The van der Waals surface area contributed by atoms with Crippen molar-refractivity contribution in [3.8, 4) is 10.6 Å². The van der Waals surface area contributed by atoms with Gasteiger partial charge in [0.25, 0.3) is 0 Å². The first-order valence-corrected chi connectivity index (χ1v) is 10.3. The third kappa shape index (κ3) is 3.86. The van der Waals surface area contributed by atoms with Crippen LogP contribution < -0.4 is 5.32 Å². The number of aryl methyl sites for hydroxylation is 1. The van der Waals surface area contributed by atoms with Gasteiger partial charge in [0.1, 0.15) is 5.01 Å². The molecule has 0 bridgehead atoms. The zero-order valence-corrected chi connectivity index (χ0v) is 16.3. The molecule has 0 unspecified atom stereocenters. The molecule has 1 N–H and O–H groups in total. The maximum atomic E-state index is 12.3. The Morgan fingerprint density at radius 3 is 2.70 bits per heavy atom. The number of nitrogens with zero attached hydrogens (tertiary/aromatic N) is 4. The number of rotatable bonds is 6. The van der Waals surface area contributed by atoms with Crippen LogP contribution in [-0.4, -0.2) is 31.4 Å². The summed E-state index contributed by atoms with van der Waals surface area (Å²) in [6.07, 6.45) is 0. The molecule has 0 saturated heterocycles. The number of hydrogen-bond acceptors (Lipinski definition) is 6. The number of fused-ring (bicyclic) bond motifs is 1. The first kappa shape index (κ1) is 17.7. The highest BCUT2D eigenvalue weighted by molar-refractivity contribution is 7.99. The molecule has 0 aliphatic heterocycles. The third-order valence-electron chi connectivity index (χ3n) is 3.96. The highest BCUT2D eigenvalue weighted by Crippen LogP contribution is 2.27. The molecule has 6 nitrogen and oxygen atoms in total. The highest BCUT2D eigenvalue weighted by Gasteiger charge is 2.13. The standard InChI is InChI=1S/C19H17N5OS2/c1-2-24-15-11-7-6-10-14(15)20-19(24)26-12-16(25)21-18-23-22-17(27-18)13-8-4-3-5-9-13/h3-11H,2,12H2,1H3,(H,21,23,25). The smallest absolute Gasteiger partial charge is 0.236 e. The van der Waals surface area contributed by atoms with Crippen LogP contribution in [0.3, 0.4) is 0 Å². The summed E-state index contributed by atoms with van der Waals surface area (Å²) in [6.45, 7) is 2.88. The molecule has 4 rings (SSSR count). The Morgan fingerprint density at radius 1 is 1.11 bits per heavy atom. The Bertz CT molecular complexity index is 1070. The fraction of sp³-hybridized carbons (Fsp3) is 0.158. The molecule has 0 saturated carbocycles. The average molecular weight is 396 g/mol. The van der Waals surface area contributed by atoms with Gasteiger partial charge in [0.15, 0.2) is 5.16 Å². The van der Waals surface area contributed by atoms with E-state index in [9.17, 15) is 4.79 Å². The van der Waals surface area contributed by atoms with Crippen molar-refractivity contribution in [2.75, 3.05) is 11.1 Å². The quantitative estimate of drug-likeness (QED) is 0.493. The number of anilines is 1. The summed E-state index contributed by atoms with van der Waals surface area (Å²) in [7, 11) is 0. The van der Waals surface area contributed by atoms with Crippen LogP contribution in [0.15, 0.2) is 59.8 Å². The maximum absolute atomic E-state index is 12.3. The summed E-state index contributed by atoms with van der Waals surface area (Å²) in [5, 5.41) is 13.2. The van der Waals surface area contributed by atoms with Crippen molar-refractivity contribution in [2.24, 2.45) is 0 Å². The van der Waals surface area contributed by atoms with Gasteiger partial charge in [-0.3, -0.25) is 10.1 Å². The lowest BCUT2D eigenvalue weighted by molar-refractivity contribution is -0.113. The van der Waals surface area contributed by atoms with E-state index in [-0.39, 0.29) is 11.7 Å². The van der Waals surface area contributed by atoms with E-state index in [1.54, 1.807) is 0 Å². The van der Waals surface area contributed by atoms with E-state index < -0.39 is 0 Å². The summed E-state index contributed by atoms with van der Waals surface area (Å²) in [5.74, 6) is 0.147. The van der Waals surface area contributed by atoms with E-state index in [2.05, 4.69) is 32.0 Å². The number of aromatic nitrogens is 4. The Morgan fingerprint density at radius 2 is 1.89 bits per heavy atom. The number of carbonyl (C=O) groups excluding carboxylic acids is 1. The average Bonchev–Trinajstić information content (AvgIpc) is 3.31. The highest BCUT2D eigenvalue weighted by atomic mass is 32.2. The number of benzene rings is 2. The van der Waals surface area contributed by atoms with Gasteiger partial charge in [-0.2, -0.15) is 0 Å². The molecule has 0 aliphatic rings. The normalized spacial score (nSPS) is 11.0. The first-order valence-electron chi connectivity index (χ1n) is 8.51. The van der Waals surface area contributed by atoms with Crippen molar-refractivity contribution in [2.45, 2.75) is 18.6 Å². The van der Waals surface area contributed by atoms with Crippen molar-refractivity contribution in [3.63, 3.8) is 0 Å². The number of para-hydroxylation sites is 2. The Balaban J connectivity index is 1.41. The van der Waals surface area contributed by atoms with Crippen molar-refractivity contribution >= 4 is 45.2 Å². The molecule has 0 aliphatic carbocycles. The molecule has 4 aromatic rings. The lowest BCUT2D eigenvalue weighted by Crippen LogP contribution is -2.14. The number of hydrogen-bond donors (Lipinski definition) is 1. The van der Waals surface area contributed by atoms with Gasteiger partial charge >= 0.3 is 0 Å². The zero-order valence-electron chi connectivity index (χ0n) is 14.6. The summed E-state index contributed by atoms with van der Waals surface area (Å²) >= 11 is 2.79. The fourth-order valence-corrected chi connectivity index (χ4v) is 4.37. The largest absolute Gasteiger partial charge is 0.319 e. The van der Waals surface area contributed by atoms with Crippen molar-refractivity contribution < 1.29 is 4.79 Å². The second kappa shape index (κ2) is 7.89. The number of carbonyl (C=O) groups is 1. The summed E-state index contributed by atoms with van der Waals surface area (Å²) < 4.78 is 2.12. The van der Waals surface area contributed by atoms with E-state index in [0.717, 1.165) is 33.3 Å². The summed E-state index contributed by atoms with van der Waals surface area (Å²) in [5.41, 5.74) is 3.01. The molecule has 0 radical (unpaired) electrons. The van der Waals surface area contributed by atoms with E-state index in [0.29, 0.717) is 5.13 Å². The lowest BCUT2D eigenvalue weighted by Gasteiger charge is -2.05. The van der Waals surface area contributed by atoms with Gasteiger partial charge in [-0.05, 0) is 19.1 Å². The molecule has 2 aromatic heterocycles. The van der Waals surface area contributed by atoms with Crippen LogP contribution in [0.1, 0.15) is 6.92 Å². The molecule has 0 spiro atoms. The van der Waals surface area contributed by atoms with Crippen LogP contribution in [0, 0.1) is 0 Å². The van der Waals surface area contributed by atoms with E-state index >= 15 is 0 Å². The molecule has 0 fully saturated rings. The van der Waals surface area contributed by atoms with E-state index in [4.69, 9.17) is 0 Å². The lowest BCUT2D eigenvalue weighted by atomic mass is 10.2. The monoisotopic (exact) mass is 395 g/mol. The number of thioether (sulfide) groups is 1. The minimum Gasteiger partial charge on any atom is -0.319 e. The van der Waals surface area contributed by atoms with Gasteiger partial charge < -0.3 is 4.57 Å². The van der Waals surface area contributed by atoms with Gasteiger partial charge in [-0.15, -0.1) is 10.2 Å². The van der Waals surface area contributed by atoms with Crippen LogP contribution in [0.4, 0.5) is 5.13 Å². The number of amides is 1. The van der Waals surface area contributed by atoms with E-state index in [1.165, 1.54) is 23.1 Å². The SMILES string of the molecule is CCn1c(SCC(=O)Nc2nnc(-c3ccccc3)s2)nc2ccccc21. The molecular formula is C19H17N5OS2. The predicted molar refractivity (Wildman–Crippen MR) is 110 cm³/mol. The van der Waals surface area contributed by atoms with Crippen molar-refractivity contribution in [1.29, 1.82) is 0 Å². The van der Waals surface area contributed by atoms with Crippen LogP contribution in [0.2, 0.25) is 0 Å². The minimum absolute atomic E-state index is 0.120. The molecule has 2 heterocycles. The van der Waals surface area contributed by atoms with Crippen LogP contribution >= 0.6 is 23.1 Å². The van der Waals surface area contributed by atoms with Gasteiger partial charge in [0.2, 0.25) is 11.0 Å². The van der Waals surface area contributed by atoms with Crippen molar-refractivity contribution in [3.05, 3.63) is 54.6 Å². The molecule has 0 atom stereocenters. The third-order valence-corrected chi connectivity index (χ3v) is 5.82. The van der Waals surface area contributed by atoms with Gasteiger partial charge in [-0.1, -0.05) is 65.6 Å². The summed E-state index contributed by atoms with van der Waals surface area (Å²) in [4.78, 5) is 16.9. The second-order valence-electron chi connectivity index (χ2n) is 5.74. The molecule has 27 heavy (non-hydrogen) atoms. The molecule has 8 heteroatoms. The van der Waals surface area contributed by atoms with Gasteiger partial charge in [0, 0.05) is 12.1 Å². The first-order chi connectivity index (χ1) is 13.2. The Hall–Kier alpha value is -2.71. The Kier molecular flexibility index (Phi) is 5.17. The number of nitrogens with one attached hydrogen (secondary N) is 1. The molecule has 2 aromatic carbocycles. The predicted octanol–water partition coefficient (Wildman–Crippen LogP) is 4.31. The minimum atomic E-state index is -0.120. The topological polar surface area (TPSA) is 72.7 Å². The molecular weight excluding hydrogens is 378 g/mol. The van der Waals surface area contributed by atoms with Crippen LogP contribution in [0.5, 0.6) is 0 Å². The van der Waals surface area contributed by atoms with E-state index in [1.807, 2.05) is 54.6 Å². The molecule has 1 amide bonds. The second-order valence-corrected chi connectivity index (χ2v) is 7.66. The summed E-state index contributed by atoms with van der Waals surface area (Å²) in [6, 6.07) is 17.8. The number of imidazole rings is 1. The fourth-order valence-electron chi connectivity index (χ4n) is 2.73. The molecule has 136 valence electrons. The van der Waals surface area contributed by atoms with Crippen LogP contribution in [-0.2, 0) is 11.3 Å².